The maximum Gasteiger partial charge on any atom is 0.260 e. The van der Waals surface area contributed by atoms with Crippen molar-refractivity contribution in [1.82, 2.24) is 9.80 Å². The molecule has 3 fully saturated rings. The van der Waals surface area contributed by atoms with E-state index in [1.54, 1.807) is 31.0 Å². The van der Waals surface area contributed by atoms with Crippen LogP contribution in [-0.2, 0) is 11.3 Å². The minimum atomic E-state index is -0.274. The second-order valence-corrected chi connectivity index (χ2v) is 12.4. The zero-order valence-electron chi connectivity index (χ0n) is 23.9. The fourth-order valence-electron chi connectivity index (χ4n) is 6.19. The van der Waals surface area contributed by atoms with Crippen LogP contribution in [0.3, 0.4) is 0 Å². The maximum atomic E-state index is 14.5. The Hall–Kier alpha value is -3.78. The number of methoxy groups -OCH3 is 1. The number of rotatable bonds is 6. The molecule has 0 radical (unpaired) electrons. The zero-order chi connectivity index (χ0) is 29.1. The van der Waals surface area contributed by atoms with Crippen LogP contribution in [0.5, 0.6) is 5.75 Å². The third-order valence-electron chi connectivity index (χ3n) is 8.58. The largest absolute Gasteiger partial charge is 0.497 e. The lowest BCUT2D eigenvalue weighted by Gasteiger charge is -2.44. The Bertz CT molecular complexity index is 1450. The molecule has 6 nitrogen and oxygen atoms in total. The average Bonchev–Trinajstić information content (AvgIpc) is 3.04. The summed E-state index contributed by atoms with van der Waals surface area (Å²) in [6.07, 6.45) is 6.17. The lowest BCUT2D eigenvalue weighted by Crippen LogP contribution is -2.50. The number of piperazine rings is 1. The Morgan fingerprint density at radius 2 is 1.67 bits per heavy atom. The molecule has 0 bridgehead atoms. The Morgan fingerprint density at radius 3 is 2.38 bits per heavy atom. The van der Waals surface area contributed by atoms with Crippen molar-refractivity contribution in [1.29, 1.82) is 0 Å². The van der Waals surface area contributed by atoms with Gasteiger partial charge in [-0.05, 0) is 66.9 Å². The summed E-state index contributed by atoms with van der Waals surface area (Å²) in [6.45, 7) is 3.13. The number of anilines is 1. The highest BCUT2D eigenvalue weighted by Gasteiger charge is 2.40. The normalized spacial score (nSPS) is 21.8. The molecule has 8 heteroatoms. The minimum absolute atomic E-state index is 0.0211. The summed E-state index contributed by atoms with van der Waals surface area (Å²) < 4.78 is 19.8. The van der Waals surface area contributed by atoms with Gasteiger partial charge < -0.3 is 19.4 Å². The smallest absolute Gasteiger partial charge is 0.260 e. The van der Waals surface area contributed by atoms with Gasteiger partial charge in [0.25, 0.3) is 11.8 Å². The van der Waals surface area contributed by atoms with Crippen LogP contribution in [0.25, 0.3) is 6.08 Å². The summed E-state index contributed by atoms with van der Waals surface area (Å²) in [7, 11) is 1.66. The van der Waals surface area contributed by atoms with Crippen LogP contribution < -0.4 is 9.64 Å². The summed E-state index contributed by atoms with van der Waals surface area (Å²) >= 11 is 1.66. The van der Waals surface area contributed by atoms with Gasteiger partial charge in [-0.25, -0.2) is 4.39 Å². The van der Waals surface area contributed by atoms with Crippen molar-refractivity contribution in [2.45, 2.75) is 43.5 Å². The first-order valence-corrected chi connectivity index (χ1v) is 15.6. The molecule has 2 atom stereocenters. The topological polar surface area (TPSA) is 53.1 Å². The number of ether oxygens (including phenoxy) is 1. The first kappa shape index (κ1) is 28.3. The molecular weight excluding hydrogens is 549 g/mol. The summed E-state index contributed by atoms with van der Waals surface area (Å²) in [5.41, 5.74) is 3.20. The predicted molar refractivity (Wildman–Crippen MR) is 166 cm³/mol. The number of nitrogens with zero attached hydrogens (tertiary/aromatic N) is 3. The van der Waals surface area contributed by atoms with Crippen LogP contribution in [0, 0.1) is 5.82 Å². The quantitative estimate of drug-likeness (QED) is 0.322. The Morgan fingerprint density at radius 1 is 0.952 bits per heavy atom. The van der Waals surface area contributed by atoms with Gasteiger partial charge in [0, 0.05) is 60.8 Å². The summed E-state index contributed by atoms with van der Waals surface area (Å²) in [6, 6.07) is 22.4. The number of hydrogen-bond donors (Lipinski definition) is 0. The maximum absolute atomic E-state index is 14.5. The van der Waals surface area contributed by atoms with E-state index in [-0.39, 0.29) is 30.2 Å². The second-order valence-electron chi connectivity index (χ2n) is 11.1. The molecule has 2 aliphatic heterocycles. The highest BCUT2D eigenvalue weighted by molar-refractivity contribution is 8.04. The van der Waals surface area contributed by atoms with Crippen molar-refractivity contribution in [3.05, 3.63) is 100 Å². The lowest BCUT2D eigenvalue weighted by molar-refractivity contribution is -0.130. The molecule has 2 heterocycles. The lowest BCUT2D eigenvalue weighted by atomic mass is 9.92. The highest BCUT2D eigenvalue weighted by Crippen LogP contribution is 2.43. The summed E-state index contributed by atoms with van der Waals surface area (Å²) in [5.74, 6) is 0.536. The number of benzene rings is 3. The molecule has 6 rings (SSSR count). The van der Waals surface area contributed by atoms with Crippen LogP contribution in [0.15, 0.2) is 77.7 Å². The van der Waals surface area contributed by atoms with Crippen molar-refractivity contribution in [2.24, 2.45) is 0 Å². The number of halogens is 1. The van der Waals surface area contributed by atoms with Gasteiger partial charge >= 0.3 is 0 Å². The van der Waals surface area contributed by atoms with Gasteiger partial charge in [-0.15, -0.1) is 11.8 Å². The van der Waals surface area contributed by atoms with Gasteiger partial charge in [0.05, 0.1) is 12.0 Å². The molecule has 42 heavy (non-hydrogen) atoms. The van der Waals surface area contributed by atoms with Gasteiger partial charge in [-0.1, -0.05) is 43.2 Å². The van der Waals surface area contributed by atoms with Crippen molar-refractivity contribution < 1.29 is 18.7 Å². The van der Waals surface area contributed by atoms with Crippen molar-refractivity contribution in [3.63, 3.8) is 0 Å². The molecular formula is C34H36FN3O3S. The van der Waals surface area contributed by atoms with E-state index in [9.17, 15) is 14.0 Å². The van der Waals surface area contributed by atoms with E-state index >= 15 is 0 Å². The molecule has 0 N–H and O–H groups in total. The standard InChI is InChI=1S/C34H36FN3O3S/c1-41-28-16-14-27(15-17-28)36-18-20-37(21-19-36)33(39)25-12-10-24(11-13-25)22-32-34(40)38(23-26-6-2-3-7-29(26)35)30-8-4-5-9-31(30)42-32/h2-3,6-7,10-17,22,30-31H,4-5,8-9,18-21,23H2,1H3/b32-22-. The van der Waals surface area contributed by atoms with Crippen LogP contribution in [-0.4, -0.2) is 66.2 Å². The number of amides is 2. The molecule has 0 spiro atoms. The van der Waals surface area contributed by atoms with Crippen LogP contribution in [0.4, 0.5) is 10.1 Å². The predicted octanol–water partition coefficient (Wildman–Crippen LogP) is 6.22. The van der Waals surface area contributed by atoms with Crippen molar-refractivity contribution in [3.8, 4) is 5.75 Å². The van der Waals surface area contributed by atoms with Crippen molar-refractivity contribution in [2.75, 3.05) is 38.2 Å². The van der Waals surface area contributed by atoms with Gasteiger partial charge in [0.1, 0.15) is 11.6 Å². The fraction of sp³-hybridized carbons (Fsp3) is 0.353. The van der Waals surface area contributed by atoms with Gasteiger partial charge in [0.15, 0.2) is 0 Å². The SMILES string of the molecule is COc1ccc(N2CCN(C(=O)c3ccc(/C=C4\SC5CCCCC5N(Cc5ccccc5F)C4=O)cc3)CC2)cc1. The molecule has 3 aromatic rings. The molecule has 2 unspecified atom stereocenters. The minimum Gasteiger partial charge on any atom is -0.497 e. The average molecular weight is 586 g/mol. The van der Waals surface area contributed by atoms with Gasteiger partial charge in [0.2, 0.25) is 0 Å². The van der Waals surface area contributed by atoms with E-state index in [2.05, 4.69) is 4.90 Å². The molecule has 218 valence electrons. The van der Waals surface area contributed by atoms with E-state index in [1.807, 2.05) is 70.5 Å². The molecule has 3 aliphatic rings. The van der Waals surface area contributed by atoms with Gasteiger partial charge in [-0.2, -0.15) is 0 Å². The summed E-state index contributed by atoms with van der Waals surface area (Å²) in [5, 5.41) is 0.312. The van der Waals surface area contributed by atoms with E-state index in [4.69, 9.17) is 4.74 Å². The van der Waals surface area contributed by atoms with E-state index in [0.29, 0.717) is 34.4 Å². The molecule has 3 aromatic carbocycles. The van der Waals surface area contributed by atoms with Crippen LogP contribution in [0.1, 0.15) is 47.2 Å². The first-order chi connectivity index (χ1) is 20.5. The van der Waals surface area contributed by atoms with Crippen molar-refractivity contribution >= 4 is 35.3 Å². The van der Waals surface area contributed by atoms with Gasteiger partial charge in [-0.3, -0.25) is 9.59 Å². The third-order valence-corrected chi connectivity index (χ3v) is 9.98. The van der Waals surface area contributed by atoms with Crippen LogP contribution >= 0.6 is 11.8 Å². The first-order valence-electron chi connectivity index (χ1n) is 14.7. The Balaban J connectivity index is 1.12. The molecule has 0 aromatic heterocycles. The van der Waals surface area contributed by atoms with E-state index in [1.165, 1.54) is 6.07 Å². The highest BCUT2D eigenvalue weighted by atomic mass is 32.2. The van der Waals surface area contributed by atoms with E-state index < -0.39 is 0 Å². The molecule has 2 saturated heterocycles. The number of hydrogen-bond acceptors (Lipinski definition) is 5. The van der Waals surface area contributed by atoms with Crippen LogP contribution in [0.2, 0.25) is 0 Å². The molecule has 1 saturated carbocycles. The second kappa shape index (κ2) is 12.6. The Labute approximate surface area is 251 Å². The number of thioether (sulfide) groups is 1. The monoisotopic (exact) mass is 585 g/mol. The fourth-order valence-corrected chi connectivity index (χ4v) is 7.66. The number of carbonyl (C=O) groups is 2. The number of carbonyl (C=O) groups excluding carboxylic acids is 2. The molecule has 2 amide bonds. The van der Waals surface area contributed by atoms with E-state index in [0.717, 1.165) is 55.8 Å². The zero-order valence-corrected chi connectivity index (χ0v) is 24.7. The third kappa shape index (κ3) is 6.04. The molecule has 1 aliphatic carbocycles. The Kier molecular flexibility index (Phi) is 8.51. The summed E-state index contributed by atoms with van der Waals surface area (Å²) in [4.78, 5) is 33.7. The number of fused-ring (bicyclic) bond motifs is 1.